The van der Waals surface area contributed by atoms with Gasteiger partial charge < -0.3 is 16.0 Å². The number of hydrogen-bond donors (Lipinski definition) is 2. The number of aryl methyl sites for hydroxylation is 2. The molecule has 106 valence electrons. The van der Waals surface area contributed by atoms with Crippen LogP contribution in [0.4, 0.5) is 5.82 Å². The summed E-state index contributed by atoms with van der Waals surface area (Å²) in [5, 5.41) is 2.87. The Balaban J connectivity index is 2.93. The van der Waals surface area contributed by atoms with Crippen LogP contribution in [-0.2, 0) is 11.3 Å². The van der Waals surface area contributed by atoms with Crippen molar-refractivity contribution in [2.75, 3.05) is 18.5 Å². The Morgan fingerprint density at radius 3 is 2.63 bits per heavy atom. The molecular weight excluding hydrogens is 240 g/mol. The van der Waals surface area contributed by atoms with Gasteiger partial charge in [0.1, 0.15) is 5.82 Å². The molecule has 19 heavy (non-hydrogen) atoms. The molecular formula is C14H24N4O. The van der Waals surface area contributed by atoms with Crippen LogP contribution in [0.25, 0.3) is 0 Å². The van der Waals surface area contributed by atoms with Gasteiger partial charge in [-0.25, -0.2) is 4.98 Å². The van der Waals surface area contributed by atoms with E-state index in [0.717, 1.165) is 22.6 Å². The maximum atomic E-state index is 11.8. The lowest BCUT2D eigenvalue weighted by molar-refractivity contribution is -0.120. The van der Waals surface area contributed by atoms with Crippen LogP contribution in [0, 0.1) is 13.8 Å². The number of nitrogens with one attached hydrogen (secondary N) is 1. The number of nitrogens with two attached hydrogens (primary N) is 1. The predicted octanol–water partition coefficient (Wildman–Crippen LogP) is 1.12. The quantitative estimate of drug-likeness (QED) is 0.836. The number of rotatable bonds is 5. The highest BCUT2D eigenvalue weighted by Gasteiger charge is 2.14. The minimum atomic E-state index is -0.0126. The summed E-state index contributed by atoms with van der Waals surface area (Å²) in [6.45, 7) is 8.55. The summed E-state index contributed by atoms with van der Waals surface area (Å²) in [7, 11) is 1.86. The summed E-state index contributed by atoms with van der Waals surface area (Å²) in [5.74, 6) is 0.778. The molecule has 1 aromatic rings. The summed E-state index contributed by atoms with van der Waals surface area (Å²) in [4.78, 5) is 18.1. The molecule has 0 unspecified atom stereocenters. The number of amides is 1. The smallest absolute Gasteiger partial charge is 0.239 e. The zero-order valence-corrected chi connectivity index (χ0v) is 12.4. The van der Waals surface area contributed by atoms with Crippen LogP contribution >= 0.6 is 0 Å². The lowest BCUT2D eigenvalue weighted by Gasteiger charge is -2.22. The fourth-order valence-corrected chi connectivity index (χ4v) is 2.07. The average Bonchev–Trinajstić information content (AvgIpc) is 2.26. The first kappa shape index (κ1) is 15.4. The van der Waals surface area contributed by atoms with Gasteiger partial charge in [0.2, 0.25) is 5.91 Å². The van der Waals surface area contributed by atoms with E-state index in [-0.39, 0.29) is 18.5 Å². The molecule has 5 nitrogen and oxygen atoms in total. The molecule has 0 saturated carbocycles. The number of aromatic nitrogens is 1. The summed E-state index contributed by atoms with van der Waals surface area (Å²) in [6.07, 6.45) is 0. The summed E-state index contributed by atoms with van der Waals surface area (Å²) < 4.78 is 0. The molecule has 5 heteroatoms. The first-order valence-corrected chi connectivity index (χ1v) is 6.52. The van der Waals surface area contributed by atoms with Gasteiger partial charge in [0.25, 0.3) is 0 Å². The molecule has 3 N–H and O–H groups in total. The van der Waals surface area contributed by atoms with E-state index in [4.69, 9.17) is 5.73 Å². The number of pyridine rings is 1. The molecule has 0 fully saturated rings. The monoisotopic (exact) mass is 264 g/mol. The van der Waals surface area contributed by atoms with Gasteiger partial charge >= 0.3 is 0 Å². The Morgan fingerprint density at radius 1 is 1.47 bits per heavy atom. The number of carbonyl (C=O) groups excluding carboxylic acids is 1. The third-order valence-electron chi connectivity index (χ3n) is 2.85. The van der Waals surface area contributed by atoms with Crippen LogP contribution in [0.15, 0.2) is 6.07 Å². The van der Waals surface area contributed by atoms with E-state index in [2.05, 4.69) is 10.3 Å². The molecule has 0 aromatic carbocycles. The molecule has 1 aromatic heterocycles. The highest BCUT2D eigenvalue weighted by molar-refractivity contribution is 5.81. The van der Waals surface area contributed by atoms with Crippen molar-refractivity contribution in [1.29, 1.82) is 0 Å². The Hall–Kier alpha value is -1.62. The van der Waals surface area contributed by atoms with Crippen molar-refractivity contribution >= 4 is 11.7 Å². The van der Waals surface area contributed by atoms with Gasteiger partial charge in [-0.05, 0) is 39.3 Å². The van der Waals surface area contributed by atoms with Crippen LogP contribution in [0.2, 0.25) is 0 Å². The summed E-state index contributed by atoms with van der Waals surface area (Å²) >= 11 is 0. The molecule has 0 atom stereocenters. The zero-order chi connectivity index (χ0) is 14.6. The maximum Gasteiger partial charge on any atom is 0.239 e. The number of anilines is 1. The largest absolute Gasteiger partial charge is 0.352 e. The third kappa shape index (κ3) is 4.21. The Morgan fingerprint density at radius 2 is 2.11 bits per heavy atom. The molecule has 0 radical (unpaired) electrons. The molecule has 0 spiro atoms. The first-order chi connectivity index (χ1) is 8.85. The van der Waals surface area contributed by atoms with Crippen LogP contribution in [0.5, 0.6) is 0 Å². The van der Waals surface area contributed by atoms with E-state index in [1.165, 1.54) is 0 Å². The van der Waals surface area contributed by atoms with Crippen molar-refractivity contribution in [3.63, 3.8) is 0 Å². The molecule has 0 aliphatic carbocycles. The fraction of sp³-hybridized carbons (Fsp3) is 0.571. The molecule has 0 aliphatic heterocycles. The second kappa shape index (κ2) is 6.52. The van der Waals surface area contributed by atoms with Crippen molar-refractivity contribution in [3.8, 4) is 0 Å². The normalized spacial score (nSPS) is 10.7. The van der Waals surface area contributed by atoms with Gasteiger partial charge in [0.05, 0.1) is 6.54 Å². The Labute approximate surface area is 115 Å². The van der Waals surface area contributed by atoms with E-state index in [9.17, 15) is 4.79 Å². The zero-order valence-electron chi connectivity index (χ0n) is 12.4. The SMILES string of the molecule is Cc1cc(C)c(CN)c(N(C)CC(=O)NC(C)C)n1. The van der Waals surface area contributed by atoms with Gasteiger partial charge in [0, 0.05) is 30.9 Å². The van der Waals surface area contributed by atoms with E-state index >= 15 is 0 Å². The lowest BCUT2D eigenvalue weighted by atomic mass is 10.1. The van der Waals surface area contributed by atoms with Crippen LogP contribution < -0.4 is 16.0 Å². The van der Waals surface area contributed by atoms with Crippen molar-refractivity contribution in [2.45, 2.75) is 40.3 Å². The lowest BCUT2D eigenvalue weighted by Crippen LogP contribution is -2.39. The molecule has 0 saturated heterocycles. The predicted molar refractivity (Wildman–Crippen MR) is 78.2 cm³/mol. The molecule has 1 heterocycles. The van der Waals surface area contributed by atoms with Crippen LogP contribution in [0.1, 0.15) is 30.7 Å². The molecule has 0 aliphatic rings. The van der Waals surface area contributed by atoms with E-state index in [1.54, 1.807) is 0 Å². The van der Waals surface area contributed by atoms with E-state index in [0.29, 0.717) is 6.54 Å². The van der Waals surface area contributed by atoms with E-state index in [1.807, 2.05) is 45.7 Å². The number of carbonyl (C=O) groups is 1. The van der Waals surface area contributed by atoms with Gasteiger partial charge in [0.15, 0.2) is 0 Å². The van der Waals surface area contributed by atoms with Gasteiger partial charge in [-0.2, -0.15) is 0 Å². The molecule has 0 bridgehead atoms. The van der Waals surface area contributed by atoms with Crippen LogP contribution in [0.3, 0.4) is 0 Å². The number of nitrogens with zero attached hydrogens (tertiary/aromatic N) is 2. The summed E-state index contributed by atoms with van der Waals surface area (Å²) in [6, 6.07) is 2.15. The second-order valence-electron chi connectivity index (χ2n) is 5.17. The minimum Gasteiger partial charge on any atom is -0.352 e. The Bertz CT molecular complexity index is 457. The van der Waals surface area contributed by atoms with E-state index < -0.39 is 0 Å². The van der Waals surface area contributed by atoms with Crippen molar-refractivity contribution in [2.24, 2.45) is 5.73 Å². The molecule has 1 rings (SSSR count). The van der Waals surface area contributed by atoms with Crippen molar-refractivity contribution < 1.29 is 4.79 Å². The number of likely N-dealkylation sites (N-methyl/N-ethyl adjacent to an activating group) is 1. The van der Waals surface area contributed by atoms with Crippen molar-refractivity contribution in [3.05, 3.63) is 22.9 Å². The maximum absolute atomic E-state index is 11.8. The second-order valence-corrected chi connectivity index (χ2v) is 5.17. The Kier molecular flexibility index (Phi) is 5.30. The average molecular weight is 264 g/mol. The van der Waals surface area contributed by atoms with Gasteiger partial charge in [-0.3, -0.25) is 4.79 Å². The standard InChI is InChI=1S/C14H24N4O/c1-9(2)16-13(19)8-18(5)14-12(7-15)10(3)6-11(4)17-14/h6,9H,7-8,15H2,1-5H3,(H,16,19). The highest BCUT2D eigenvalue weighted by atomic mass is 16.2. The van der Waals surface area contributed by atoms with Gasteiger partial charge in [-0.15, -0.1) is 0 Å². The third-order valence-corrected chi connectivity index (χ3v) is 2.85. The highest BCUT2D eigenvalue weighted by Crippen LogP contribution is 2.20. The number of hydrogen-bond acceptors (Lipinski definition) is 4. The van der Waals surface area contributed by atoms with Crippen molar-refractivity contribution in [1.82, 2.24) is 10.3 Å². The van der Waals surface area contributed by atoms with Gasteiger partial charge in [-0.1, -0.05) is 0 Å². The minimum absolute atomic E-state index is 0.0126. The van der Waals surface area contributed by atoms with Crippen LogP contribution in [-0.4, -0.2) is 30.5 Å². The topological polar surface area (TPSA) is 71.2 Å². The molecule has 1 amide bonds. The summed E-state index contributed by atoms with van der Waals surface area (Å²) in [5.41, 5.74) is 8.82. The first-order valence-electron chi connectivity index (χ1n) is 6.52. The fourth-order valence-electron chi connectivity index (χ4n) is 2.07.